The molecule has 5 nitrogen and oxygen atoms in total. The van der Waals surface area contributed by atoms with Crippen molar-refractivity contribution in [1.82, 2.24) is 9.97 Å². The van der Waals surface area contributed by atoms with Crippen LogP contribution in [0.4, 0.5) is 5.82 Å². The van der Waals surface area contributed by atoms with Crippen LogP contribution in [0.1, 0.15) is 23.5 Å². The van der Waals surface area contributed by atoms with E-state index in [4.69, 9.17) is 5.73 Å². The number of hydrogen-bond donors (Lipinski definition) is 2. The fourth-order valence-corrected chi connectivity index (χ4v) is 2.37. The Labute approximate surface area is 139 Å². The van der Waals surface area contributed by atoms with Crippen molar-refractivity contribution in [1.29, 1.82) is 0 Å². The summed E-state index contributed by atoms with van der Waals surface area (Å²) in [5, 5.41) is 6.09. The average molecular weight is 403 g/mol. The highest BCUT2D eigenvalue weighted by Crippen LogP contribution is 2.19. The summed E-state index contributed by atoms with van der Waals surface area (Å²) >= 11 is 1.66. The molecule has 1 atom stereocenters. The third kappa shape index (κ3) is 5.04. The van der Waals surface area contributed by atoms with Crippen molar-refractivity contribution in [3.8, 4) is 0 Å². The molecule has 2 heterocycles. The zero-order valence-electron chi connectivity index (χ0n) is 11.4. The number of anilines is 1. The molecule has 0 saturated heterocycles. The molecule has 0 aliphatic carbocycles. The molecule has 2 aromatic rings. The molecule has 7 heteroatoms. The van der Waals surface area contributed by atoms with Crippen LogP contribution >= 0.6 is 35.3 Å². The van der Waals surface area contributed by atoms with Gasteiger partial charge < -0.3 is 11.1 Å². The molecule has 1 unspecified atom stereocenters. The van der Waals surface area contributed by atoms with Gasteiger partial charge in [0, 0.05) is 23.2 Å². The molecule has 0 amide bonds. The highest BCUT2D eigenvalue weighted by Gasteiger charge is 2.08. The summed E-state index contributed by atoms with van der Waals surface area (Å²) in [5.74, 6) is 1.34. The van der Waals surface area contributed by atoms with Crippen LogP contribution in [0.3, 0.4) is 0 Å². The lowest BCUT2D eigenvalue weighted by atomic mass is 10.2. The highest BCUT2D eigenvalue weighted by atomic mass is 127. The zero-order valence-corrected chi connectivity index (χ0v) is 14.6. The number of guanidine groups is 1. The van der Waals surface area contributed by atoms with Gasteiger partial charge in [0.1, 0.15) is 5.82 Å². The van der Waals surface area contributed by atoms with E-state index in [9.17, 15) is 0 Å². The normalized spacial score (nSPS) is 12.6. The number of aliphatic imine (C=N–C) groups is 1. The van der Waals surface area contributed by atoms with E-state index in [2.05, 4.69) is 27.2 Å². The number of nitrogens with one attached hydrogen (secondary N) is 1. The van der Waals surface area contributed by atoms with E-state index in [1.807, 2.05) is 30.5 Å². The van der Waals surface area contributed by atoms with Crippen molar-refractivity contribution in [3.05, 3.63) is 40.5 Å². The van der Waals surface area contributed by atoms with Crippen LogP contribution in [0.25, 0.3) is 0 Å². The lowest BCUT2D eigenvalue weighted by Crippen LogP contribution is -2.23. The summed E-state index contributed by atoms with van der Waals surface area (Å²) in [4.78, 5) is 12.9. The van der Waals surface area contributed by atoms with Gasteiger partial charge in [-0.15, -0.1) is 35.3 Å². The van der Waals surface area contributed by atoms with Crippen molar-refractivity contribution in [2.24, 2.45) is 10.7 Å². The topological polar surface area (TPSA) is 76.2 Å². The Morgan fingerprint density at radius 1 is 1.50 bits per heavy atom. The largest absolute Gasteiger partial charge is 0.370 e. The predicted octanol–water partition coefficient (Wildman–Crippen LogP) is 2.99. The standard InChI is InChI=1S/C13H17N5S.HI/c1-9(12-17-10(2)8-19-12)7-16-13(14)18-11-5-3-4-6-15-11;/h3-6,8-9H,7H2,1-2H3,(H3,14,15,16,18);1H. The van der Waals surface area contributed by atoms with E-state index in [-0.39, 0.29) is 29.9 Å². The molecule has 0 aliphatic heterocycles. The first-order valence-electron chi connectivity index (χ1n) is 6.05. The summed E-state index contributed by atoms with van der Waals surface area (Å²) < 4.78 is 0. The maximum absolute atomic E-state index is 5.82. The highest BCUT2D eigenvalue weighted by molar-refractivity contribution is 14.0. The Morgan fingerprint density at radius 3 is 2.90 bits per heavy atom. The molecule has 2 aromatic heterocycles. The van der Waals surface area contributed by atoms with Gasteiger partial charge in [0.2, 0.25) is 0 Å². The van der Waals surface area contributed by atoms with Gasteiger partial charge >= 0.3 is 0 Å². The smallest absolute Gasteiger partial charge is 0.194 e. The summed E-state index contributed by atoms with van der Waals surface area (Å²) in [6, 6.07) is 5.59. The number of aryl methyl sites for hydroxylation is 1. The van der Waals surface area contributed by atoms with Crippen LogP contribution in [0.15, 0.2) is 34.8 Å². The molecular weight excluding hydrogens is 385 g/mol. The number of hydrogen-bond acceptors (Lipinski definition) is 4. The maximum Gasteiger partial charge on any atom is 0.194 e. The van der Waals surface area contributed by atoms with Crippen LogP contribution in [0.5, 0.6) is 0 Å². The maximum atomic E-state index is 5.82. The monoisotopic (exact) mass is 403 g/mol. The quantitative estimate of drug-likeness (QED) is 0.468. The summed E-state index contributed by atoms with van der Waals surface area (Å²) in [5.41, 5.74) is 6.87. The van der Waals surface area contributed by atoms with Gasteiger partial charge in [-0.05, 0) is 19.1 Å². The Morgan fingerprint density at radius 2 is 2.30 bits per heavy atom. The average Bonchev–Trinajstić information content (AvgIpc) is 2.84. The predicted molar refractivity (Wildman–Crippen MR) is 95.0 cm³/mol. The fourth-order valence-electron chi connectivity index (χ4n) is 1.52. The van der Waals surface area contributed by atoms with Gasteiger partial charge in [-0.2, -0.15) is 0 Å². The van der Waals surface area contributed by atoms with Crippen molar-refractivity contribution in [2.45, 2.75) is 19.8 Å². The molecule has 3 N–H and O–H groups in total. The molecule has 0 aliphatic rings. The van der Waals surface area contributed by atoms with E-state index in [0.29, 0.717) is 18.3 Å². The van der Waals surface area contributed by atoms with Crippen molar-refractivity contribution >= 4 is 47.1 Å². The Kier molecular flexibility index (Phi) is 6.86. The Balaban J connectivity index is 0.00000200. The number of rotatable bonds is 4. The molecule has 0 spiro atoms. The number of halogens is 1. The van der Waals surface area contributed by atoms with E-state index in [0.717, 1.165) is 10.7 Å². The second-order valence-electron chi connectivity index (χ2n) is 4.29. The van der Waals surface area contributed by atoms with Crippen LogP contribution in [0.2, 0.25) is 0 Å². The first kappa shape index (κ1) is 16.8. The number of pyridine rings is 1. The van der Waals surface area contributed by atoms with Crippen molar-refractivity contribution < 1.29 is 0 Å². The molecule has 20 heavy (non-hydrogen) atoms. The van der Waals surface area contributed by atoms with E-state index in [1.54, 1.807) is 17.5 Å². The van der Waals surface area contributed by atoms with Gasteiger partial charge in [-0.3, -0.25) is 4.99 Å². The van der Waals surface area contributed by atoms with Crippen LogP contribution in [-0.2, 0) is 0 Å². The molecule has 0 aromatic carbocycles. The number of nitrogens with zero attached hydrogens (tertiary/aromatic N) is 3. The zero-order chi connectivity index (χ0) is 13.7. The molecule has 108 valence electrons. The Hall–Kier alpha value is -1.22. The third-order valence-corrected chi connectivity index (χ3v) is 3.71. The molecule has 2 rings (SSSR count). The van der Waals surface area contributed by atoms with Gasteiger partial charge in [0.15, 0.2) is 5.96 Å². The van der Waals surface area contributed by atoms with Crippen LogP contribution in [0, 0.1) is 6.92 Å². The molecular formula is C13H18IN5S. The van der Waals surface area contributed by atoms with Gasteiger partial charge in [-0.1, -0.05) is 13.0 Å². The third-order valence-electron chi connectivity index (χ3n) is 2.51. The van der Waals surface area contributed by atoms with E-state index >= 15 is 0 Å². The van der Waals surface area contributed by atoms with Crippen molar-refractivity contribution in [3.63, 3.8) is 0 Å². The SMILES string of the molecule is Cc1csc(C(C)CN=C(N)Nc2ccccn2)n1.I. The van der Waals surface area contributed by atoms with Crippen LogP contribution < -0.4 is 11.1 Å². The van der Waals surface area contributed by atoms with E-state index < -0.39 is 0 Å². The molecule has 0 bridgehead atoms. The molecule has 0 fully saturated rings. The second kappa shape index (κ2) is 8.15. The summed E-state index contributed by atoms with van der Waals surface area (Å²) in [7, 11) is 0. The minimum absolute atomic E-state index is 0. The number of aromatic nitrogens is 2. The first-order valence-corrected chi connectivity index (χ1v) is 6.93. The van der Waals surface area contributed by atoms with Gasteiger partial charge in [-0.25, -0.2) is 9.97 Å². The Bertz CT molecular complexity index is 555. The number of thiazole rings is 1. The molecule has 0 saturated carbocycles. The minimum atomic E-state index is 0. The number of nitrogens with two attached hydrogens (primary N) is 1. The minimum Gasteiger partial charge on any atom is -0.370 e. The van der Waals surface area contributed by atoms with Crippen LogP contribution in [-0.4, -0.2) is 22.5 Å². The van der Waals surface area contributed by atoms with Gasteiger partial charge in [0.05, 0.1) is 11.6 Å². The lowest BCUT2D eigenvalue weighted by molar-refractivity contribution is 0.763. The van der Waals surface area contributed by atoms with E-state index in [1.165, 1.54) is 0 Å². The second-order valence-corrected chi connectivity index (χ2v) is 5.18. The van der Waals surface area contributed by atoms with Crippen molar-refractivity contribution in [2.75, 3.05) is 11.9 Å². The van der Waals surface area contributed by atoms with Gasteiger partial charge in [0.25, 0.3) is 0 Å². The summed E-state index contributed by atoms with van der Waals surface area (Å²) in [6.45, 7) is 4.70. The summed E-state index contributed by atoms with van der Waals surface area (Å²) in [6.07, 6.45) is 1.70. The molecule has 0 radical (unpaired) electrons. The first-order chi connectivity index (χ1) is 9.15. The fraction of sp³-hybridized carbons (Fsp3) is 0.308. The lowest BCUT2D eigenvalue weighted by Gasteiger charge is -2.07.